The second-order valence-corrected chi connectivity index (χ2v) is 6.37. The molecule has 0 aromatic rings. The van der Waals surface area contributed by atoms with Gasteiger partial charge in [0.15, 0.2) is 0 Å². The molecule has 4 aliphatic carbocycles. The maximum atomic E-state index is 6.24. The summed E-state index contributed by atoms with van der Waals surface area (Å²) in [6.07, 6.45) is 9.01. The molecule has 0 N–H and O–H groups in total. The van der Waals surface area contributed by atoms with Gasteiger partial charge in [0.1, 0.15) is 6.10 Å². The Labute approximate surface area is 91.3 Å². The third-order valence-electron chi connectivity index (χ3n) is 4.96. The quantitative estimate of drug-likeness (QED) is 0.664. The van der Waals surface area contributed by atoms with Gasteiger partial charge in [-0.3, -0.25) is 0 Å². The van der Waals surface area contributed by atoms with Crippen molar-refractivity contribution < 1.29 is 9.47 Å². The lowest BCUT2D eigenvalue weighted by Gasteiger charge is -2.56. The lowest BCUT2D eigenvalue weighted by molar-refractivity contribution is -0.164. The number of epoxide rings is 1. The molecule has 1 aliphatic heterocycles. The van der Waals surface area contributed by atoms with Crippen molar-refractivity contribution in [3.63, 3.8) is 0 Å². The van der Waals surface area contributed by atoms with Crippen molar-refractivity contribution >= 4 is 0 Å². The predicted molar refractivity (Wildman–Crippen MR) is 56.6 cm³/mol. The van der Waals surface area contributed by atoms with Crippen LogP contribution in [-0.2, 0) is 9.47 Å². The van der Waals surface area contributed by atoms with Gasteiger partial charge in [0, 0.05) is 0 Å². The molecule has 0 radical (unpaired) electrons. The Kier molecular flexibility index (Phi) is 1.79. The highest BCUT2D eigenvalue weighted by atomic mass is 16.6. The Bertz CT molecular complexity index is 234. The minimum absolute atomic E-state index is 0.292. The van der Waals surface area contributed by atoms with Gasteiger partial charge in [-0.2, -0.15) is 0 Å². The van der Waals surface area contributed by atoms with Crippen LogP contribution < -0.4 is 0 Å². The standard InChI is InChI=1S/C13H20O2/c1-9-2-11-3-10(1)5-13(4-9,6-11)15-8-12-7-14-12/h9-12H,1-8H2/t9?,10?,11?,12-,13?/m0/s1. The number of hydrogen-bond acceptors (Lipinski definition) is 2. The second-order valence-electron chi connectivity index (χ2n) is 6.37. The monoisotopic (exact) mass is 208 g/mol. The number of hydrogen-bond donors (Lipinski definition) is 0. The van der Waals surface area contributed by atoms with Gasteiger partial charge in [-0.15, -0.1) is 0 Å². The number of ether oxygens (including phenoxy) is 2. The highest BCUT2D eigenvalue weighted by molar-refractivity contribution is 5.03. The summed E-state index contributed by atoms with van der Waals surface area (Å²) in [6, 6.07) is 0. The summed E-state index contributed by atoms with van der Waals surface area (Å²) in [5.74, 6) is 2.99. The fourth-order valence-electron chi connectivity index (χ4n) is 4.64. The summed E-state index contributed by atoms with van der Waals surface area (Å²) in [5, 5.41) is 0. The van der Waals surface area contributed by atoms with Crippen molar-refractivity contribution in [3.8, 4) is 0 Å². The zero-order chi connectivity index (χ0) is 9.88. The highest BCUT2D eigenvalue weighted by Gasteiger charge is 2.52. The molecule has 5 rings (SSSR count). The molecule has 2 heteroatoms. The fraction of sp³-hybridized carbons (Fsp3) is 1.00. The van der Waals surface area contributed by atoms with Crippen LogP contribution >= 0.6 is 0 Å². The van der Waals surface area contributed by atoms with E-state index in [2.05, 4.69) is 0 Å². The van der Waals surface area contributed by atoms with E-state index in [0.29, 0.717) is 11.7 Å². The van der Waals surface area contributed by atoms with E-state index in [1.54, 1.807) is 0 Å². The lowest BCUT2D eigenvalue weighted by atomic mass is 9.54. The molecule has 0 amide bonds. The molecule has 4 bridgehead atoms. The molecule has 5 aliphatic rings. The summed E-state index contributed by atoms with van der Waals surface area (Å²) in [5.41, 5.74) is 0.292. The Hall–Kier alpha value is -0.0800. The van der Waals surface area contributed by atoms with Crippen molar-refractivity contribution in [1.82, 2.24) is 0 Å². The molecule has 1 heterocycles. The first-order valence-corrected chi connectivity index (χ1v) is 6.57. The van der Waals surface area contributed by atoms with Crippen LogP contribution in [0.4, 0.5) is 0 Å². The van der Waals surface area contributed by atoms with Crippen LogP contribution in [0.15, 0.2) is 0 Å². The van der Waals surface area contributed by atoms with Crippen molar-refractivity contribution in [2.75, 3.05) is 13.2 Å². The van der Waals surface area contributed by atoms with Crippen LogP contribution in [0, 0.1) is 17.8 Å². The summed E-state index contributed by atoms with van der Waals surface area (Å²) in [6.45, 7) is 1.80. The molecule has 84 valence electrons. The van der Waals surface area contributed by atoms with Crippen LogP contribution in [0.5, 0.6) is 0 Å². The van der Waals surface area contributed by atoms with Gasteiger partial charge >= 0.3 is 0 Å². The first-order valence-electron chi connectivity index (χ1n) is 6.57. The van der Waals surface area contributed by atoms with Gasteiger partial charge in [-0.05, 0) is 56.3 Å². The topological polar surface area (TPSA) is 21.8 Å². The van der Waals surface area contributed by atoms with E-state index in [9.17, 15) is 0 Å². The van der Waals surface area contributed by atoms with E-state index in [-0.39, 0.29) is 0 Å². The van der Waals surface area contributed by atoms with Crippen molar-refractivity contribution in [2.45, 2.75) is 50.2 Å². The van der Waals surface area contributed by atoms with E-state index in [0.717, 1.165) is 31.0 Å². The maximum Gasteiger partial charge on any atom is 0.104 e. The zero-order valence-electron chi connectivity index (χ0n) is 9.28. The maximum absolute atomic E-state index is 6.24. The van der Waals surface area contributed by atoms with Crippen molar-refractivity contribution in [2.24, 2.45) is 17.8 Å². The third kappa shape index (κ3) is 1.53. The van der Waals surface area contributed by atoms with Gasteiger partial charge in [0.25, 0.3) is 0 Å². The molecule has 0 unspecified atom stereocenters. The predicted octanol–water partition coefficient (Wildman–Crippen LogP) is 2.37. The van der Waals surface area contributed by atoms with E-state index in [1.165, 1.54) is 38.5 Å². The van der Waals surface area contributed by atoms with Gasteiger partial charge in [-0.1, -0.05) is 0 Å². The second kappa shape index (κ2) is 2.98. The van der Waals surface area contributed by atoms with Gasteiger partial charge in [-0.25, -0.2) is 0 Å². The smallest absolute Gasteiger partial charge is 0.104 e. The molecule has 5 fully saturated rings. The van der Waals surface area contributed by atoms with E-state index >= 15 is 0 Å². The highest BCUT2D eigenvalue weighted by Crippen LogP contribution is 2.57. The molecule has 0 aromatic heterocycles. The van der Waals surface area contributed by atoms with Gasteiger partial charge in [0.05, 0.1) is 18.8 Å². The molecular formula is C13H20O2. The SMILES string of the molecule is C1C2CC3CC1CC(OC[C@@H]1CO1)(C2)C3. The Morgan fingerprint density at radius 2 is 1.53 bits per heavy atom. The summed E-state index contributed by atoms with van der Waals surface area (Å²) in [4.78, 5) is 0. The Balaban J connectivity index is 1.50. The Morgan fingerprint density at radius 1 is 1.00 bits per heavy atom. The first kappa shape index (κ1) is 9.00. The summed E-state index contributed by atoms with van der Waals surface area (Å²) in [7, 11) is 0. The first-order chi connectivity index (χ1) is 7.31. The van der Waals surface area contributed by atoms with Crippen LogP contribution in [-0.4, -0.2) is 24.9 Å². The summed E-state index contributed by atoms with van der Waals surface area (Å²) < 4.78 is 11.5. The molecule has 15 heavy (non-hydrogen) atoms. The average Bonchev–Trinajstić information content (AvgIpc) is 2.95. The molecule has 1 atom stereocenters. The van der Waals surface area contributed by atoms with E-state index in [4.69, 9.17) is 9.47 Å². The zero-order valence-corrected chi connectivity index (χ0v) is 9.28. The fourth-order valence-corrected chi connectivity index (χ4v) is 4.64. The van der Waals surface area contributed by atoms with Crippen LogP contribution in [0.25, 0.3) is 0 Å². The van der Waals surface area contributed by atoms with E-state index in [1.807, 2.05) is 0 Å². The molecular weight excluding hydrogens is 188 g/mol. The molecule has 0 aromatic carbocycles. The van der Waals surface area contributed by atoms with Crippen molar-refractivity contribution in [1.29, 1.82) is 0 Å². The molecule has 0 spiro atoms. The lowest BCUT2D eigenvalue weighted by Crippen LogP contribution is -2.52. The van der Waals surface area contributed by atoms with Crippen LogP contribution in [0.3, 0.4) is 0 Å². The average molecular weight is 208 g/mol. The van der Waals surface area contributed by atoms with E-state index < -0.39 is 0 Å². The number of rotatable bonds is 3. The van der Waals surface area contributed by atoms with Gasteiger partial charge < -0.3 is 9.47 Å². The largest absolute Gasteiger partial charge is 0.372 e. The minimum Gasteiger partial charge on any atom is -0.372 e. The summed E-state index contributed by atoms with van der Waals surface area (Å²) >= 11 is 0. The molecule has 2 nitrogen and oxygen atoms in total. The Morgan fingerprint density at radius 3 is 2.00 bits per heavy atom. The van der Waals surface area contributed by atoms with Crippen molar-refractivity contribution in [3.05, 3.63) is 0 Å². The molecule has 1 saturated heterocycles. The third-order valence-corrected chi connectivity index (χ3v) is 4.96. The minimum atomic E-state index is 0.292. The van der Waals surface area contributed by atoms with Crippen LogP contribution in [0.2, 0.25) is 0 Å². The molecule has 4 saturated carbocycles. The van der Waals surface area contributed by atoms with Gasteiger partial charge in [0.2, 0.25) is 0 Å². The normalized spacial score (nSPS) is 56.0. The van der Waals surface area contributed by atoms with Crippen LogP contribution in [0.1, 0.15) is 38.5 Å².